The van der Waals surface area contributed by atoms with Crippen molar-refractivity contribution in [3.63, 3.8) is 0 Å². The van der Waals surface area contributed by atoms with Crippen LogP contribution in [0.15, 0.2) is 47.5 Å². The molecule has 0 aromatic heterocycles. The molecule has 2 aromatic rings. The van der Waals surface area contributed by atoms with Crippen LogP contribution in [-0.4, -0.2) is 38.5 Å². The van der Waals surface area contributed by atoms with E-state index in [1.54, 1.807) is 20.2 Å². The summed E-state index contributed by atoms with van der Waals surface area (Å²) in [6, 6.07) is 11.3. The number of aliphatic imine (C=N–C) groups is 1. The lowest BCUT2D eigenvalue weighted by atomic mass is 10.1. The highest BCUT2D eigenvalue weighted by Crippen LogP contribution is 2.42. The molecular formula is C21H25F2IN4O. The van der Waals surface area contributed by atoms with E-state index in [1.807, 2.05) is 18.2 Å². The average Bonchev–Trinajstić information content (AvgIpc) is 3.45. The second-order valence-electron chi connectivity index (χ2n) is 6.76. The number of benzene rings is 2. The highest BCUT2D eigenvalue weighted by molar-refractivity contribution is 14.0. The van der Waals surface area contributed by atoms with E-state index in [2.05, 4.69) is 20.9 Å². The zero-order valence-electron chi connectivity index (χ0n) is 16.3. The Labute approximate surface area is 186 Å². The van der Waals surface area contributed by atoms with Gasteiger partial charge in [-0.05, 0) is 42.7 Å². The number of hydrogen-bond acceptors (Lipinski definition) is 2. The summed E-state index contributed by atoms with van der Waals surface area (Å²) < 4.78 is 27.8. The second kappa shape index (κ2) is 10.5. The first-order chi connectivity index (χ1) is 13.5. The summed E-state index contributed by atoms with van der Waals surface area (Å²) in [6.45, 7) is 0.613. The van der Waals surface area contributed by atoms with Crippen molar-refractivity contribution in [2.45, 2.75) is 24.8 Å². The SMILES string of the molecule is CN=C(NCCc1cccc(C(=O)NC)c1)NC1CC1c1c(F)cccc1F.I. The van der Waals surface area contributed by atoms with Gasteiger partial charge in [0.05, 0.1) is 0 Å². The van der Waals surface area contributed by atoms with Gasteiger partial charge < -0.3 is 16.0 Å². The molecule has 1 aliphatic carbocycles. The van der Waals surface area contributed by atoms with Gasteiger partial charge in [-0.15, -0.1) is 24.0 Å². The number of rotatable bonds is 6. The maximum absolute atomic E-state index is 13.9. The lowest BCUT2D eigenvalue weighted by Crippen LogP contribution is -2.40. The number of carbonyl (C=O) groups is 1. The van der Waals surface area contributed by atoms with Crippen molar-refractivity contribution in [3.05, 3.63) is 70.8 Å². The third kappa shape index (κ3) is 5.88. The van der Waals surface area contributed by atoms with Gasteiger partial charge in [0.2, 0.25) is 0 Å². The van der Waals surface area contributed by atoms with Gasteiger partial charge >= 0.3 is 0 Å². The van der Waals surface area contributed by atoms with E-state index in [4.69, 9.17) is 0 Å². The Balaban J connectivity index is 0.00000300. The molecule has 0 spiro atoms. The number of nitrogens with one attached hydrogen (secondary N) is 3. The molecule has 0 aliphatic heterocycles. The Morgan fingerprint density at radius 3 is 2.52 bits per heavy atom. The van der Waals surface area contributed by atoms with Crippen LogP contribution in [0.25, 0.3) is 0 Å². The Bertz CT molecular complexity index is 870. The van der Waals surface area contributed by atoms with Crippen LogP contribution in [0.4, 0.5) is 8.78 Å². The predicted octanol–water partition coefficient (Wildman–Crippen LogP) is 3.21. The van der Waals surface area contributed by atoms with E-state index in [0.29, 0.717) is 30.9 Å². The zero-order chi connectivity index (χ0) is 20.1. The van der Waals surface area contributed by atoms with E-state index >= 15 is 0 Å². The number of nitrogens with zero attached hydrogens (tertiary/aromatic N) is 1. The number of halogens is 3. The van der Waals surface area contributed by atoms with E-state index in [0.717, 1.165) is 5.56 Å². The van der Waals surface area contributed by atoms with Crippen molar-refractivity contribution in [2.75, 3.05) is 20.6 Å². The Hall–Kier alpha value is -2.23. The highest BCUT2D eigenvalue weighted by Gasteiger charge is 2.42. The molecule has 0 radical (unpaired) electrons. The number of carbonyl (C=O) groups excluding carboxylic acids is 1. The minimum absolute atomic E-state index is 0. The molecule has 2 atom stereocenters. The largest absolute Gasteiger partial charge is 0.356 e. The van der Waals surface area contributed by atoms with Gasteiger partial charge in [-0.3, -0.25) is 9.79 Å². The molecule has 2 unspecified atom stereocenters. The van der Waals surface area contributed by atoms with Gasteiger partial charge in [-0.2, -0.15) is 0 Å². The molecule has 156 valence electrons. The highest BCUT2D eigenvalue weighted by atomic mass is 127. The van der Waals surface area contributed by atoms with Crippen LogP contribution in [0.3, 0.4) is 0 Å². The van der Waals surface area contributed by atoms with Crippen LogP contribution < -0.4 is 16.0 Å². The van der Waals surface area contributed by atoms with Crippen LogP contribution in [-0.2, 0) is 6.42 Å². The van der Waals surface area contributed by atoms with Gasteiger partial charge in [-0.1, -0.05) is 18.2 Å². The van der Waals surface area contributed by atoms with E-state index in [-0.39, 0.29) is 47.4 Å². The summed E-state index contributed by atoms with van der Waals surface area (Å²) in [5, 5.41) is 9.02. The first-order valence-electron chi connectivity index (χ1n) is 9.25. The second-order valence-corrected chi connectivity index (χ2v) is 6.76. The zero-order valence-corrected chi connectivity index (χ0v) is 18.7. The first kappa shape index (κ1) is 23.1. The van der Waals surface area contributed by atoms with Gasteiger partial charge in [0.25, 0.3) is 5.91 Å². The molecule has 8 heteroatoms. The fourth-order valence-electron chi connectivity index (χ4n) is 3.25. The van der Waals surface area contributed by atoms with Crippen LogP contribution >= 0.6 is 24.0 Å². The molecule has 1 fully saturated rings. The summed E-state index contributed by atoms with van der Waals surface area (Å²) in [6.07, 6.45) is 1.37. The summed E-state index contributed by atoms with van der Waals surface area (Å²) >= 11 is 0. The Morgan fingerprint density at radius 2 is 1.86 bits per heavy atom. The molecule has 3 N–H and O–H groups in total. The van der Waals surface area contributed by atoms with Crippen LogP contribution in [0.2, 0.25) is 0 Å². The van der Waals surface area contributed by atoms with Crippen molar-refractivity contribution >= 4 is 35.8 Å². The molecular weight excluding hydrogens is 489 g/mol. The fraction of sp³-hybridized carbons (Fsp3) is 0.333. The molecule has 2 aromatic carbocycles. The minimum atomic E-state index is -0.506. The molecule has 5 nitrogen and oxygen atoms in total. The lowest BCUT2D eigenvalue weighted by Gasteiger charge is -2.12. The van der Waals surface area contributed by atoms with Crippen molar-refractivity contribution < 1.29 is 13.6 Å². The third-order valence-corrected chi connectivity index (χ3v) is 4.83. The molecule has 0 saturated heterocycles. The fourth-order valence-corrected chi connectivity index (χ4v) is 3.25. The number of amides is 1. The normalized spacial score (nSPS) is 17.9. The van der Waals surface area contributed by atoms with Crippen molar-refractivity contribution in [2.24, 2.45) is 4.99 Å². The van der Waals surface area contributed by atoms with E-state index in [1.165, 1.54) is 18.2 Å². The standard InChI is InChI=1S/C21H24F2N4O.HI/c1-24-20(28)14-6-3-5-13(11-14)9-10-26-21(25-2)27-18-12-15(18)19-16(22)7-4-8-17(19)23;/h3-8,11,15,18H,9-10,12H2,1-2H3,(H,24,28)(H2,25,26,27);1H. The van der Waals surface area contributed by atoms with Gasteiger partial charge in [0.15, 0.2) is 5.96 Å². The van der Waals surface area contributed by atoms with Crippen molar-refractivity contribution in [3.8, 4) is 0 Å². The van der Waals surface area contributed by atoms with Crippen molar-refractivity contribution in [1.29, 1.82) is 0 Å². The van der Waals surface area contributed by atoms with E-state index in [9.17, 15) is 13.6 Å². The first-order valence-corrected chi connectivity index (χ1v) is 9.25. The predicted molar refractivity (Wildman–Crippen MR) is 121 cm³/mol. The molecule has 1 aliphatic rings. The molecule has 1 amide bonds. The quantitative estimate of drug-likeness (QED) is 0.315. The molecule has 0 heterocycles. The maximum Gasteiger partial charge on any atom is 0.251 e. The smallest absolute Gasteiger partial charge is 0.251 e. The molecule has 1 saturated carbocycles. The Kier molecular flexibility index (Phi) is 8.36. The molecule has 0 bridgehead atoms. The van der Waals surface area contributed by atoms with Gasteiger partial charge in [0, 0.05) is 43.7 Å². The molecule has 3 rings (SSSR count). The average molecular weight is 514 g/mol. The maximum atomic E-state index is 13.9. The van der Waals surface area contributed by atoms with Crippen LogP contribution in [0, 0.1) is 11.6 Å². The molecule has 29 heavy (non-hydrogen) atoms. The number of hydrogen-bond donors (Lipinski definition) is 3. The topological polar surface area (TPSA) is 65.5 Å². The van der Waals surface area contributed by atoms with Gasteiger partial charge in [-0.25, -0.2) is 8.78 Å². The summed E-state index contributed by atoms with van der Waals surface area (Å²) in [7, 11) is 3.26. The number of guanidine groups is 1. The van der Waals surface area contributed by atoms with Crippen LogP contribution in [0.5, 0.6) is 0 Å². The van der Waals surface area contributed by atoms with Crippen LogP contribution in [0.1, 0.15) is 33.8 Å². The lowest BCUT2D eigenvalue weighted by molar-refractivity contribution is 0.0963. The third-order valence-electron chi connectivity index (χ3n) is 4.83. The summed E-state index contributed by atoms with van der Waals surface area (Å²) in [4.78, 5) is 15.9. The summed E-state index contributed by atoms with van der Waals surface area (Å²) in [5.74, 6) is -0.732. The van der Waals surface area contributed by atoms with E-state index < -0.39 is 11.6 Å². The Morgan fingerprint density at radius 1 is 1.17 bits per heavy atom. The monoisotopic (exact) mass is 514 g/mol. The van der Waals surface area contributed by atoms with Crippen molar-refractivity contribution in [1.82, 2.24) is 16.0 Å². The van der Waals surface area contributed by atoms with Gasteiger partial charge in [0.1, 0.15) is 11.6 Å². The summed E-state index contributed by atoms with van der Waals surface area (Å²) in [5.41, 5.74) is 1.79. The minimum Gasteiger partial charge on any atom is -0.356 e.